The molecule has 27 heavy (non-hydrogen) atoms. The molecule has 3 aromatic rings. The van der Waals surface area contributed by atoms with Crippen molar-refractivity contribution in [3.63, 3.8) is 0 Å². The third kappa shape index (κ3) is 5.55. The lowest BCUT2D eigenvalue weighted by Gasteiger charge is -2.09. The predicted octanol–water partition coefficient (Wildman–Crippen LogP) is 4.68. The van der Waals surface area contributed by atoms with Gasteiger partial charge in [0.15, 0.2) is 6.61 Å². The molecule has 2 aromatic carbocycles. The van der Waals surface area contributed by atoms with Gasteiger partial charge in [-0.3, -0.25) is 4.79 Å². The van der Waals surface area contributed by atoms with Crippen LogP contribution in [0, 0.1) is 0 Å². The molecule has 1 N–H and O–H groups in total. The Balaban J connectivity index is 1.54. The fraction of sp³-hybridized carbons (Fsp3) is 0.158. The zero-order chi connectivity index (χ0) is 19.3. The maximum absolute atomic E-state index is 12.2. The Hall–Kier alpha value is -2.87. The van der Waals surface area contributed by atoms with E-state index in [9.17, 15) is 18.0 Å². The minimum absolute atomic E-state index is 0.120. The van der Waals surface area contributed by atoms with Gasteiger partial charge in [-0.2, -0.15) is 13.2 Å². The maximum atomic E-state index is 12.2. The first-order valence-corrected chi connectivity index (χ1v) is 8.86. The van der Waals surface area contributed by atoms with Gasteiger partial charge < -0.3 is 10.1 Å². The number of halogens is 3. The molecular weight excluding hydrogens is 377 g/mol. The average molecular weight is 392 g/mol. The standard InChI is InChI=1S/C19H15F3N2O2S/c20-19(21,22)12-26-15-8-6-13(7-9-15)10-23-17(25)16-11-27-18(24-16)14-4-2-1-3-5-14/h1-9,11H,10,12H2,(H,23,25). The van der Waals surface area contributed by atoms with Crippen molar-refractivity contribution in [2.75, 3.05) is 6.61 Å². The van der Waals surface area contributed by atoms with Crippen molar-refractivity contribution in [2.24, 2.45) is 0 Å². The van der Waals surface area contributed by atoms with Gasteiger partial charge in [-0.25, -0.2) is 4.98 Å². The molecule has 4 nitrogen and oxygen atoms in total. The highest BCUT2D eigenvalue weighted by Crippen LogP contribution is 2.23. The van der Waals surface area contributed by atoms with Crippen LogP contribution >= 0.6 is 11.3 Å². The van der Waals surface area contributed by atoms with E-state index in [4.69, 9.17) is 0 Å². The summed E-state index contributed by atoms with van der Waals surface area (Å²) in [6.07, 6.45) is -4.38. The smallest absolute Gasteiger partial charge is 0.422 e. The number of hydrogen-bond acceptors (Lipinski definition) is 4. The summed E-state index contributed by atoms with van der Waals surface area (Å²) >= 11 is 1.38. The number of benzene rings is 2. The first kappa shape index (κ1) is 18.9. The second-order valence-corrected chi connectivity index (χ2v) is 6.49. The van der Waals surface area contributed by atoms with Crippen LogP contribution in [0.15, 0.2) is 60.0 Å². The van der Waals surface area contributed by atoms with Crippen LogP contribution in [0.2, 0.25) is 0 Å². The summed E-state index contributed by atoms with van der Waals surface area (Å²) in [5.41, 5.74) is 2.00. The number of nitrogens with one attached hydrogen (secondary N) is 1. The Labute approximate surface area is 157 Å². The summed E-state index contributed by atoms with van der Waals surface area (Å²) < 4.78 is 41.0. The van der Waals surface area contributed by atoms with Crippen LogP contribution in [-0.2, 0) is 6.54 Å². The molecule has 0 fully saturated rings. The Bertz CT molecular complexity index is 893. The van der Waals surface area contributed by atoms with Gasteiger partial charge in [-0.1, -0.05) is 42.5 Å². The summed E-state index contributed by atoms with van der Waals surface area (Å²) in [5.74, 6) is -0.194. The quantitative estimate of drug-likeness (QED) is 0.663. The second kappa shape index (κ2) is 8.22. The van der Waals surface area contributed by atoms with Crippen molar-refractivity contribution in [3.05, 3.63) is 71.2 Å². The minimum atomic E-state index is -4.38. The van der Waals surface area contributed by atoms with E-state index in [1.165, 1.54) is 23.5 Å². The zero-order valence-corrected chi connectivity index (χ0v) is 14.8. The largest absolute Gasteiger partial charge is 0.484 e. The Kier molecular flexibility index (Phi) is 5.75. The highest BCUT2D eigenvalue weighted by atomic mass is 32.1. The predicted molar refractivity (Wildman–Crippen MR) is 96.7 cm³/mol. The Morgan fingerprint density at radius 1 is 1.07 bits per heavy atom. The molecule has 0 aliphatic carbocycles. The summed E-state index contributed by atoms with van der Waals surface area (Å²) in [6, 6.07) is 15.6. The van der Waals surface area contributed by atoms with Gasteiger partial charge >= 0.3 is 6.18 Å². The van der Waals surface area contributed by atoms with Crippen molar-refractivity contribution >= 4 is 17.2 Å². The van der Waals surface area contributed by atoms with Gasteiger partial charge in [-0.15, -0.1) is 11.3 Å². The van der Waals surface area contributed by atoms with E-state index in [2.05, 4.69) is 15.0 Å². The van der Waals surface area contributed by atoms with Gasteiger partial charge in [0.1, 0.15) is 16.5 Å². The first-order valence-electron chi connectivity index (χ1n) is 7.98. The number of amides is 1. The number of rotatable bonds is 6. The molecule has 0 spiro atoms. The van der Waals surface area contributed by atoms with E-state index in [-0.39, 0.29) is 18.2 Å². The SMILES string of the molecule is O=C(NCc1ccc(OCC(F)(F)F)cc1)c1csc(-c2ccccc2)n1. The summed E-state index contributed by atoms with van der Waals surface area (Å²) in [6.45, 7) is -1.10. The lowest BCUT2D eigenvalue weighted by atomic mass is 10.2. The fourth-order valence-corrected chi connectivity index (χ4v) is 3.04. The average Bonchev–Trinajstić information content (AvgIpc) is 3.16. The van der Waals surface area contributed by atoms with Crippen LogP contribution in [0.1, 0.15) is 16.1 Å². The van der Waals surface area contributed by atoms with Gasteiger partial charge in [0.25, 0.3) is 5.91 Å². The molecule has 8 heteroatoms. The van der Waals surface area contributed by atoms with E-state index >= 15 is 0 Å². The third-order valence-electron chi connectivity index (χ3n) is 3.54. The van der Waals surface area contributed by atoms with E-state index in [0.717, 1.165) is 16.1 Å². The van der Waals surface area contributed by atoms with Crippen molar-refractivity contribution in [1.82, 2.24) is 10.3 Å². The minimum Gasteiger partial charge on any atom is -0.484 e. The van der Waals surface area contributed by atoms with Crippen LogP contribution in [-0.4, -0.2) is 23.7 Å². The normalized spacial score (nSPS) is 11.2. The molecule has 0 aliphatic heterocycles. The summed E-state index contributed by atoms with van der Waals surface area (Å²) in [5, 5.41) is 5.18. The van der Waals surface area contributed by atoms with E-state index < -0.39 is 12.8 Å². The number of aromatic nitrogens is 1. The molecule has 1 aromatic heterocycles. The number of carbonyl (C=O) groups is 1. The van der Waals surface area contributed by atoms with Crippen molar-refractivity contribution in [1.29, 1.82) is 0 Å². The molecule has 1 heterocycles. The number of thiazole rings is 1. The van der Waals surface area contributed by atoms with Gasteiger partial charge in [0, 0.05) is 17.5 Å². The summed E-state index contributed by atoms with van der Waals surface area (Å²) in [4.78, 5) is 16.6. The molecule has 1 amide bonds. The maximum Gasteiger partial charge on any atom is 0.422 e. The van der Waals surface area contributed by atoms with Gasteiger partial charge in [0.2, 0.25) is 0 Å². The highest BCUT2D eigenvalue weighted by Gasteiger charge is 2.28. The number of hydrogen-bond donors (Lipinski definition) is 1. The number of ether oxygens (including phenoxy) is 1. The van der Waals surface area contributed by atoms with E-state index in [0.29, 0.717) is 5.69 Å². The van der Waals surface area contributed by atoms with Crippen molar-refractivity contribution in [3.8, 4) is 16.3 Å². The Morgan fingerprint density at radius 3 is 2.44 bits per heavy atom. The van der Waals surface area contributed by atoms with Crippen LogP contribution in [0.25, 0.3) is 10.6 Å². The fourth-order valence-electron chi connectivity index (χ4n) is 2.23. The topological polar surface area (TPSA) is 51.2 Å². The van der Waals surface area contributed by atoms with Crippen LogP contribution in [0.3, 0.4) is 0 Å². The summed E-state index contributed by atoms with van der Waals surface area (Å²) in [7, 11) is 0. The van der Waals surface area contributed by atoms with Crippen LogP contribution < -0.4 is 10.1 Å². The van der Waals surface area contributed by atoms with Crippen molar-refractivity contribution in [2.45, 2.75) is 12.7 Å². The van der Waals surface area contributed by atoms with Gasteiger partial charge in [0.05, 0.1) is 0 Å². The van der Waals surface area contributed by atoms with Crippen LogP contribution in [0.4, 0.5) is 13.2 Å². The zero-order valence-electron chi connectivity index (χ0n) is 14.0. The lowest BCUT2D eigenvalue weighted by Crippen LogP contribution is -2.23. The van der Waals surface area contributed by atoms with E-state index in [1.54, 1.807) is 17.5 Å². The number of nitrogens with zero attached hydrogens (tertiary/aromatic N) is 1. The van der Waals surface area contributed by atoms with Crippen molar-refractivity contribution < 1.29 is 22.7 Å². The molecule has 3 rings (SSSR count). The molecule has 0 saturated carbocycles. The van der Waals surface area contributed by atoms with Gasteiger partial charge in [-0.05, 0) is 17.7 Å². The van der Waals surface area contributed by atoms with E-state index in [1.807, 2.05) is 30.3 Å². The third-order valence-corrected chi connectivity index (χ3v) is 4.43. The molecule has 0 saturated heterocycles. The number of carbonyl (C=O) groups excluding carboxylic acids is 1. The number of alkyl halides is 3. The molecule has 0 atom stereocenters. The second-order valence-electron chi connectivity index (χ2n) is 5.63. The molecule has 0 bridgehead atoms. The highest BCUT2D eigenvalue weighted by molar-refractivity contribution is 7.13. The Morgan fingerprint density at radius 2 is 1.78 bits per heavy atom. The van der Waals surface area contributed by atoms with Crippen LogP contribution in [0.5, 0.6) is 5.75 Å². The monoisotopic (exact) mass is 392 g/mol. The molecule has 140 valence electrons. The first-order chi connectivity index (χ1) is 12.9. The molecule has 0 unspecified atom stereocenters. The molecular formula is C19H15F3N2O2S. The molecule has 0 radical (unpaired) electrons. The molecule has 0 aliphatic rings. The lowest BCUT2D eigenvalue weighted by molar-refractivity contribution is -0.153.